The average molecular weight is 231 g/mol. The lowest BCUT2D eigenvalue weighted by molar-refractivity contribution is 0.738. The number of H-pyrrole nitrogens is 1. The Morgan fingerprint density at radius 2 is 2.06 bits per heavy atom. The summed E-state index contributed by atoms with van der Waals surface area (Å²) in [7, 11) is 0. The van der Waals surface area contributed by atoms with Gasteiger partial charge in [0.1, 0.15) is 5.82 Å². The van der Waals surface area contributed by atoms with E-state index in [2.05, 4.69) is 22.5 Å². The number of rotatable bonds is 5. The second kappa shape index (κ2) is 5.50. The molecule has 0 amide bonds. The van der Waals surface area contributed by atoms with Crippen molar-refractivity contribution in [1.29, 1.82) is 0 Å². The first-order valence-corrected chi connectivity index (χ1v) is 5.88. The van der Waals surface area contributed by atoms with Gasteiger partial charge in [-0.15, -0.1) is 0 Å². The van der Waals surface area contributed by atoms with Crippen LogP contribution in [0.5, 0.6) is 0 Å². The molecule has 17 heavy (non-hydrogen) atoms. The first-order chi connectivity index (χ1) is 8.31. The van der Waals surface area contributed by atoms with Gasteiger partial charge in [0.15, 0.2) is 0 Å². The van der Waals surface area contributed by atoms with Crippen molar-refractivity contribution in [1.82, 2.24) is 10.3 Å². The molecule has 2 aromatic rings. The minimum Gasteiger partial charge on any atom is -0.370 e. The molecule has 0 radical (unpaired) electrons. The van der Waals surface area contributed by atoms with Gasteiger partial charge in [-0.2, -0.15) is 0 Å². The molecule has 1 heterocycles. The summed E-state index contributed by atoms with van der Waals surface area (Å²) >= 11 is 0. The topological polar surface area (TPSA) is 56.9 Å². The molecule has 3 N–H and O–H groups in total. The average Bonchev–Trinajstić information content (AvgIpc) is 2.35. The van der Waals surface area contributed by atoms with Crippen molar-refractivity contribution < 1.29 is 0 Å². The van der Waals surface area contributed by atoms with E-state index >= 15 is 0 Å². The quantitative estimate of drug-likeness (QED) is 0.684. The van der Waals surface area contributed by atoms with E-state index in [1.807, 2.05) is 30.3 Å². The van der Waals surface area contributed by atoms with Crippen LogP contribution in [0.4, 0.5) is 5.82 Å². The van der Waals surface area contributed by atoms with Gasteiger partial charge >= 0.3 is 0 Å². The monoisotopic (exact) mass is 231 g/mol. The number of fused-ring (bicyclic) bond motifs is 1. The second-order valence-electron chi connectivity index (χ2n) is 3.88. The highest BCUT2D eigenvalue weighted by Gasteiger charge is 2.00. The number of hydrogen-bond donors (Lipinski definition) is 3. The minimum absolute atomic E-state index is 0.0472. The van der Waals surface area contributed by atoms with Crippen LogP contribution in [-0.4, -0.2) is 24.6 Å². The van der Waals surface area contributed by atoms with Gasteiger partial charge in [0.2, 0.25) is 0 Å². The Kier molecular flexibility index (Phi) is 3.77. The zero-order valence-electron chi connectivity index (χ0n) is 9.92. The summed E-state index contributed by atoms with van der Waals surface area (Å²) in [6.45, 7) is 4.70. The normalized spacial score (nSPS) is 10.6. The van der Waals surface area contributed by atoms with Crippen molar-refractivity contribution in [3.8, 4) is 0 Å². The predicted molar refractivity (Wildman–Crippen MR) is 71.6 cm³/mol. The molecule has 0 saturated heterocycles. The molecule has 90 valence electrons. The van der Waals surface area contributed by atoms with Gasteiger partial charge in [-0.3, -0.25) is 4.79 Å². The maximum Gasteiger partial charge on any atom is 0.257 e. The fourth-order valence-electron chi connectivity index (χ4n) is 1.77. The molecule has 1 aromatic carbocycles. The third kappa shape index (κ3) is 2.85. The van der Waals surface area contributed by atoms with Crippen molar-refractivity contribution in [2.45, 2.75) is 6.92 Å². The molecular weight excluding hydrogens is 214 g/mol. The Balaban J connectivity index is 2.16. The number of hydrogen-bond acceptors (Lipinski definition) is 3. The SMILES string of the molecule is CCNCCNc1cc2ccccc2c(=O)[nH]1. The molecule has 1 aromatic heterocycles. The van der Waals surface area contributed by atoms with E-state index in [4.69, 9.17) is 0 Å². The molecule has 2 rings (SSSR count). The van der Waals surface area contributed by atoms with Gasteiger partial charge in [-0.1, -0.05) is 25.1 Å². The summed E-state index contributed by atoms with van der Waals surface area (Å²) in [5.41, 5.74) is -0.0472. The van der Waals surface area contributed by atoms with E-state index in [-0.39, 0.29) is 5.56 Å². The van der Waals surface area contributed by atoms with Crippen LogP contribution in [0.2, 0.25) is 0 Å². The Bertz CT molecular complexity index is 548. The fraction of sp³-hybridized carbons (Fsp3) is 0.308. The van der Waals surface area contributed by atoms with Crippen molar-refractivity contribution in [3.63, 3.8) is 0 Å². The molecule has 0 unspecified atom stereocenters. The Morgan fingerprint density at radius 1 is 1.24 bits per heavy atom. The molecule has 0 bridgehead atoms. The van der Waals surface area contributed by atoms with Crippen LogP contribution >= 0.6 is 0 Å². The molecule has 0 fully saturated rings. The summed E-state index contributed by atoms with van der Waals surface area (Å²) in [6, 6.07) is 9.54. The van der Waals surface area contributed by atoms with E-state index < -0.39 is 0 Å². The third-order valence-electron chi connectivity index (χ3n) is 2.62. The molecular formula is C13H17N3O. The number of benzene rings is 1. The predicted octanol–water partition coefficient (Wildman–Crippen LogP) is 1.55. The maximum atomic E-state index is 11.8. The van der Waals surface area contributed by atoms with Gasteiger partial charge in [-0.05, 0) is 24.1 Å². The molecule has 0 spiro atoms. The van der Waals surface area contributed by atoms with Crippen LogP contribution in [0.25, 0.3) is 10.8 Å². The highest BCUT2D eigenvalue weighted by atomic mass is 16.1. The van der Waals surface area contributed by atoms with Crippen LogP contribution in [0.3, 0.4) is 0 Å². The van der Waals surface area contributed by atoms with Gasteiger partial charge in [0, 0.05) is 18.5 Å². The lowest BCUT2D eigenvalue weighted by Gasteiger charge is -2.07. The summed E-state index contributed by atoms with van der Waals surface area (Å²) in [6.07, 6.45) is 0. The number of nitrogens with one attached hydrogen (secondary N) is 3. The van der Waals surface area contributed by atoms with Crippen LogP contribution in [0, 0.1) is 0 Å². The molecule has 0 aliphatic heterocycles. The van der Waals surface area contributed by atoms with Crippen LogP contribution in [0.1, 0.15) is 6.92 Å². The summed E-state index contributed by atoms with van der Waals surface area (Å²) in [5, 5.41) is 8.10. The standard InChI is InChI=1S/C13H17N3O/c1-2-14-7-8-15-12-9-10-5-3-4-6-11(10)13(17)16-12/h3-6,9,14H,2,7-8H2,1H3,(H2,15,16,17). The Labute approximate surface area is 100 Å². The van der Waals surface area contributed by atoms with E-state index in [0.717, 1.165) is 36.2 Å². The lowest BCUT2D eigenvalue weighted by atomic mass is 10.2. The molecule has 0 aliphatic carbocycles. The smallest absolute Gasteiger partial charge is 0.257 e. The second-order valence-corrected chi connectivity index (χ2v) is 3.88. The van der Waals surface area contributed by atoms with Crippen molar-refractivity contribution in [3.05, 3.63) is 40.7 Å². The summed E-state index contributed by atoms with van der Waals surface area (Å²) < 4.78 is 0. The van der Waals surface area contributed by atoms with Gasteiger partial charge < -0.3 is 15.6 Å². The summed E-state index contributed by atoms with van der Waals surface area (Å²) in [5.74, 6) is 0.770. The number of likely N-dealkylation sites (N-methyl/N-ethyl adjacent to an activating group) is 1. The highest BCUT2D eigenvalue weighted by molar-refractivity contribution is 5.83. The number of anilines is 1. The molecule has 4 heteroatoms. The zero-order valence-corrected chi connectivity index (χ0v) is 9.92. The van der Waals surface area contributed by atoms with E-state index in [0.29, 0.717) is 0 Å². The lowest BCUT2D eigenvalue weighted by Crippen LogP contribution is -2.22. The largest absolute Gasteiger partial charge is 0.370 e. The van der Waals surface area contributed by atoms with Crippen molar-refractivity contribution >= 4 is 16.6 Å². The third-order valence-corrected chi connectivity index (χ3v) is 2.62. The zero-order chi connectivity index (χ0) is 12.1. The van der Waals surface area contributed by atoms with Gasteiger partial charge in [0.05, 0.1) is 0 Å². The molecule has 4 nitrogen and oxygen atoms in total. The van der Waals surface area contributed by atoms with Crippen molar-refractivity contribution in [2.75, 3.05) is 25.0 Å². The molecule has 0 aliphatic rings. The first-order valence-electron chi connectivity index (χ1n) is 5.88. The van der Waals surface area contributed by atoms with E-state index in [1.165, 1.54) is 0 Å². The minimum atomic E-state index is -0.0472. The Hall–Kier alpha value is -1.81. The maximum absolute atomic E-state index is 11.8. The van der Waals surface area contributed by atoms with Crippen LogP contribution in [0.15, 0.2) is 35.1 Å². The molecule has 0 saturated carbocycles. The number of aromatic nitrogens is 1. The first kappa shape index (κ1) is 11.7. The van der Waals surface area contributed by atoms with E-state index in [1.54, 1.807) is 0 Å². The van der Waals surface area contributed by atoms with E-state index in [9.17, 15) is 4.79 Å². The number of pyridine rings is 1. The summed E-state index contributed by atoms with van der Waals surface area (Å²) in [4.78, 5) is 14.6. The molecule has 0 atom stereocenters. The number of aromatic amines is 1. The fourth-order valence-corrected chi connectivity index (χ4v) is 1.77. The highest BCUT2D eigenvalue weighted by Crippen LogP contribution is 2.12. The van der Waals surface area contributed by atoms with Crippen molar-refractivity contribution in [2.24, 2.45) is 0 Å². The van der Waals surface area contributed by atoms with Gasteiger partial charge in [-0.25, -0.2) is 0 Å². The van der Waals surface area contributed by atoms with Gasteiger partial charge in [0.25, 0.3) is 5.56 Å². The van der Waals surface area contributed by atoms with Crippen LogP contribution in [-0.2, 0) is 0 Å². The van der Waals surface area contributed by atoms with Crippen LogP contribution < -0.4 is 16.2 Å². The Morgan fingerprint density at radius 3 is 2.88 bits per heavy atom.